The van der Waals surface area contributed by atoms with E-state index in [0.717, 1.165) is 23.5 Å². The lowest BCUT2D eigenvalue weighted by Crippen LogP contribution is -2.27. The summed E-state index contributed by atoms with van der Waals surface area (Å²) in [7, 11) is 3.21. The Labute approximate surface area is 163 Å². The fourth-order valence-electron chi connectivity index (χ4n) is 2.87. The first-order valence-electron chi connectivity index (χ1n) is 8.89. The Morgan fingerprint density at radius 2 is 2.11 bits per heavy atom. The predicted octanol–water partition coefficient (Wildman–Crippen LogP) is 2.96. The van der Waals surface area contributed by atoms with Gasteiger partial charge >= 0.3 is 0 Å². The van der Waals surface area contributed by atoms with Crippen LogP contribution in [0.5, 0.6) is 17.4 Å². The SMILES string of the molecule is COc1ccc(CCNC(=O)c2cccnc2OC2CCSC2)cc1OC. The summed E-state index contributed by atoms with van der Waals surface area (Å²) in [5, 5.41) is 2.94. The Balaban J connectivity index is 1.58. The van der Waals surface area contributed by atoms with Crippen LogP contribution in [-0.4, -0.2) is 49.3 Å². The molecule has 2 heterocycles. The van der Waals surface area contributed by atoms with E-state index in [1.54, 1.807) is 32.5 Å². The molecular weight excluding hydrogens is 364 g/mol. The van der Waals surface area contributed by atoms with Crippen LogP contribution >= 0.6 is 11.8 Å². The topological polar surface area (TPSA) is 69.7 Å². The van der Waals surface area contributed by atoms with E-state index in [0.29, 0.717) is 35.9 Å². The molecule has 0 radical (unpaired) electrons. The van der Waals surface area contributed by atoms with Crippen molar-refractivity contribution in [2.45, 2.75) is 18.9 Å². The van der Waals surface area contributed by atoms with E-state index in [9.17, 15) is 4.79 Å². The number of methoxy groups -OCH3 is 2. The zero-order chi connectivity index (χ0) is 19.1. The second kappa shape index (κ2) is 9.50. The van der Waals surface area contributed by atoms with Crippen LogP contribution in [0.2, 0.25) is 0 Å². The first kappa shape index (κ1) is 19.4. The number of hydrogen-bond acceptors (Lipinski definition) is 6. The van der Waals surface area contributed by atoms with Crippen molar-refractivity contribution in [1.29, 1.82) is 0 Å². The number of thioether (sulfide) groups is 1. The van der Waals surface area contributed by atoms with Gasteiger partial charge in [0.15, 0.2) is 11.5 Å². The van der Waals surface area contributed by atoms with Crippen molar-refractivity contribution in [3.05, 3.63) is 47.7 Å². The van der Waals surface area contributed by atoms with E-state index in [1.807, 2.05) is 30.0 Å². The number of rotatable bonds is 8. The number of benzene rings is 1. The highest BCUT2D eigenvalue weighted by Gasteiger charge is 2.21. The smallest absolute Gasteiger partial charge is 0.256 e. The van der Waals surface area contributed by atoms with Gasteiger partial charge in [-0.15, -0.1) is 0 Å². The molecule has 6 nitrogen and oxygen atoms in total. The lowest BCUT2D eigenvalue weighted by Gasteiger charge is -2.14. The van der Waals surface area contributed by atoms with Gasteiger partial charge in [0.05, 0.1) is 14.2 Å². The third-order valence-corrected chi connectivity index (χ3v) is 5.46. The molecule has 1 saturated heterocycles. The van der Waals surface area contributed by atoms with E-state index < -0.39 is 0 Å². The normalized spacial score (nSPS) is 16.0. The van der Waals surface area contributed by atoms with Crippen LogP contribution in [0, 0.1) is 0 Å². The summed E-state index contributed by atoms with van der Waals surface area (Å²) < 4.78 is 16.5. The molecule has 1 N–H and O–H groups in total. The van der Waals surface area contributed by atoms with Gasteiger partial charge in [0, 0.05) is 18.5 Å². The average Bonchev–Trinajstić information content (AvgIpc) is 3.21. The minimum atomic E-state index is -0.177. The molecule has 1 unspecified atom stereocenters. The number of amides is 1. The predicted molar refractivity (Wildman–Crippen MR) is 106 cm³/mol. The highest BCUT2D eigenvalue weighted by molar-refractivity contribution is 7.99. The Bertz CT molecular complexity index is 778. The average molecular weight is 388 g/mol. The first-order chi connectivity index (χ1) is 13.2. The number of carbonyl (C=O) groups is 1. The third kappa shape index (κ3) is 5.07. The number of aromatic nitrogens is 1. The van der Waals surface area contributed by atoms with E-state index in [1.165, 1.54) is 0 Å². The maximum absolute atomic E-state index is 12.6. The Kier molecular flexibility index (Phi) is 6.81. The van der Waals surface area contributed by atoms with Gasteiger partial charge in [-0.05, 0) is 48.4 Å². The molecule has 1 aromatic carbocycles. The molecule has 3 rings (SSSR count). The Hall–Kier alpha value is -2.41. The highest BCUT2D eigenvalue weighted by atomic mass is 32.2. The Morgan fingerprint density at radius 3 is 2.85 bits per heavy atom. The van der Waals surface area contributed by atoms with Crippen molar-refractivity contribution in [3.8, 4) is 17.4 Å². The van der Waals surface area contributed by atoms with Gasteiger partial charge in [0.25, 0.3) is 5.91 Å². The maximum atomic E-state index is 12.6. The number of ether oxygens (including phenoxy) is 3. The molecule has 7 heteroatoms. The molecule has 27 heavy (non-hydrogen) atoms. The highest BCUT2D eigenvalue weighted by Crippen LogP contribution is 2.27. The van der Waals surface area contributed by atoms with Crippen LogP contribution in [0.1, 0.15) is 22.3 Å². The van der Waals surface area contributed by atoms with Gasteiger partial charge in [0.1, 0.15) is 11.7 Å². The molecular formula is C20H24N2O4S. The molecule has 1 aliphatic rings. The number of nitrogens with one attached hydrogen (secondary N) is 1. The summed E-state index contributed by atoms with van der Waals surface area (Å²) in [6, 6.07) is 9.24. The lowest BCUT2D eigenvalue weighted by molar-refractivity contribution is 0.0946. The van der Waals surface area contributed by atoms with Gasteiger partial charge < -0.3 is 19.5 Å². The number of carbonyl (C=O) groups excluding carboxylic acids is 1. The third-order valence-electron chi connectivity index (χ3n) is 4.33. The minimum absolute atomic E-state index is 0.128. The van der Waals surface area contributed by atoms with Crippen LogP contribution in [0.25, 0.3) is 0 Å². The van der Waals surface area contributed by atoms with Crippen LogP contribution in [0.15, 0.2) is 36.5 Å². The zero-order valence-electron chi connectivity index (χ0n) is 15.6. The quantitative estimate of drug-likeness (QED) is 0.750. The van der Waals surface area contributed by atoms with Crippen molar-refractivity contribution < 1.29 is 19.0 Å². The van der Waals surface area contributed by atoms with Crippen molar-refractivity contribution >= 4 is 17.7 Å². The molecule has 144 valence electrons. The molecule has 2 aromatic rings. The molecule has 0 bridgehead atoms. The van der Waals surface area contributed by atoms with Crippen molar-refractivity contribution in [1.82, 2.24) is 10.3 Å². The summed E-state index contributed by atoms with van der Waals surface area (Å²) in [6.07, 6.45) is 3.45. The monoisotopic (exact) mass is 388 g/mol. The molecule has 0 saturated carbocycles. The molecule has 1 aromatic heterocycles. The molecule has 0 spiro atoms. The summed E-state index contributed by atoms with van der Waals surface area (Å²) in [5.41, 5.74) is 1.53. The van der Waals surface area contributed by atoms with Crippen molar-refractivity contribution in [3.63, 3.8) is 0 Å². The maximum Gasteiger partial charge on any atom is 0.256 e. The molecule has 0 aliphatic carbocycles. The van der Waals surface area contributed by atoms with Crippen LogP contribution < -0.4 is 19.5 Å². The summed E-state index contributed by atoms with van der Waals surface area (Å²) in [6.45, 7) is 0.502. The van der Waals surface area contributed by atoms with Crippen LogP contribution in [0.4, 0.5) is 0 Å². The van der Waals surface area contributed by atoms with Gasteiger partial charge in [-0.3, -0.25) is 4.79 Å². The summed E-state index contributed by atoms with van der Waals surface area (Å²) in [4.78, 5) is 16.8. The molecule has 1 aliphatic heterocycles. The van der Waals surface area contributed by atoms with Gasteiger partial charge in [-0.25, -0.2) is 4.98 Å². The lowest BCUT2D eigenvalue weighted by atomic mass is 10.1. The number of hydrogen-bond donors (Lipinski definition) is 1. The Morgan fingerprint density at radius 1 is 1.26 bits per heavy atom. The van der Waals surface area contributed by atoms with Gasteiger partial charge in [-0.1, -0.05) is 6.07 Å². The van der Waals surface area contributed by atoms with E-state index in [-0.39, 0.29) is 12.0 Å². The van der Waals surface area contributed by atoms with Gasteiger partial charge in [-0.2, -0.15) is 11.8 Å². The first-order valence-corrected chi connectivity index (χ1v) is 10.0. The van der Waals surface area contributed by atoms with E-state index in [4.69, 9.17) is 14.2 Å². The molecule has 1 amide bonds. The van der Waals surface area contributed by atoms with E-state index >= 15 is 0 Å². The number of nitrogens with zero attached hydrogens (tertiary/aromatic N) is 1. The second-order valence-corrected chi connectivity index (χ2v) is 7.30. The summed E-state index contributed by atoms with van der Waals surface area (Å²) in [5.74, 6) is 3.63. The largest absolute Gasteiger partial charge is 0.493 e. The number of pyridine rings is 1. The summed E-state index contributed by atoms with van der Waals surface area (Å²) >= 11 is 1.86. The zero-order valence-corrected chi connectivity index (χ0v) is 16.4. The molecule has 1 fully saturated rings. The van der Waals surface area contributed by atoms with Gasteiger partial charge in [0.2, 0.25) is 5.88 Å². The van der Waals surface area contributed by atoms with Crippen LogP contribution in [0.3, 0.4) is 0 Å². The second-order valence-electron chi connectivity index (χ2n) is 6.15. The minimum Gasteiger partial charge on any atom is -0.493 e. The van der Waals surface area contributed by atoms with Crippen LogP contribution in [-0.2, 0) is 6.42 Å². The standard InChI is InChI=1S/C20H24N2O4S/c1-24-17-6-5-14(12-18(17)25-2)7-10-21-19(23)16-4-3-9-22-20(16)26-15-8-11-27-13-15/h3-6,9,12,15H,7-8,10-11,13H2,1-2H3,(H,21,23). The van der Waals surface area contributed by atoms with Crippen molar-refractivity contribution in [2.75, 3.05) is 32.3 Å². The van der Waals surface area contributed by atoms with E-state index in [2.05, 4.69) is 10.3 Å². The fourth-order valence-corrected chi connectivity index (χ4v) is 3.97. The molecule has 1 atom stereocenters. The fraction of sp³-hybridized carbons (Fsp3) is 0.400. The van der Waals surface area contributed by atoms with Crippen molar-refractivity contribution in [2.24, 2.45) is 0 Å².